The van der Waals surface area contributed by atoms with Gasteiger partial charge in [-0.2, -0.15) is 10.2 Å². The van der Waals surface area contributed by atoms with E-state index in [1.807, 2.05) is 24.3 Å². The molecule has 5 atom stereocenters. The van der Waals surface area contributed by atoms with E-state index in [9.17, 15) is 24.7 Å². The van der Waals surface area contributed by atoms with Crippen LogP contribution in [0.5, 0.6) is 5.75 Å². The Bertz CT molecular complexity index is 1470. The summed E-state index contributed by atoms with van der Waals surface area (Å²) in [5.41, 5.74) is 8.01. The number of aromatic nitrogens is 3. The monoisotopic (exact) mass is 592 g/mol. The standard InChI is InChI=1S/C29H33FN8O5/c1-17(39)28(41)38-9-8-24(22(30)14-38)43-23-7-2-18(12-19(23)13-31)27-33-16-34-29(36-27)35-20-3-5-21(6-4-20)37-10-11-42-25(15-37)26(32)40/h2-7,12,16-17,22,24-26,39-40H,8-11,14-15,32H2,1H3,(H,33,34,35,36)/t17-,22+,24-,25?,26?/m0/s1. The molecule has 2 unspecified atom stereocenters. The van der Waals surface area contributed by atoms with E-state index in [1.165, 1.54) is 18.2 Å². The molecule has 2 aliphatic heterocycles. The fourth-order valence-electron chi connectivity index (χ4n) is 5.00. The average molecular weight is 593 g/mol. The van der Waals surface area contributed by atoms with Crippen LogP contribution in [0, 0.1) is 11.3 Å². The van der Waals surface area contributed by atoms with E-state index < -0.39 is 36.6 Å². The molecule has 43 heavy (non-hydrogen) atoms. The molecule has 226 valence electrons. The van der Waals surface area contributed by atoms with Gasteiger partial charge < -0.3 is 40.5 Å². The van der Waals surface area contributed by atoms with Gasteiger partial charge >= 0.3 is 0 Å². The average Bonchev–Trinajstić information content (AvgIpc) is 3.02. The van der Waals surface area contributed by atoms with Gasteiger partial charge in [0.05, 0.1) is 18.7 Å². The highest BCUT2D eigenvalue weighted by Crippen LogP contribution is 2.29. The number of hydrogen-bond donors (Lipinski definition) is 4. The number of morpholine rings is 1. The van der Waals surface area contributed by atoms with E-state index >= 15 is 0 Å². The fraction of sp³-hybridized carbons (Fsp3) is 0.414. The van der Waals surface area contributed by atoms with Crippen molar-refractivity contribution in [2.45, 2.75) is 44.1 Å². The number of rotatable bonds is 8. The number of nitrogens with two attached hydrogens (primary N) is 1. The lowest BCUT2D eigenvalue weighted by molar-refractivity contribution is -0.143. The van der Waals surface area contributed by atoms with Crippen molar-refractivity contribution in [1.29, 1.82) is 5.26 Å². The number of nitrogens with one attached hydrogen (secondary N) is 1. The van der Waals surface area contributed by atoms with Crippen molar-refractivity contribution in [2.75, 3.05) is 43.0 Å². The van der Waals surface area contributed by atoms with Crippen molar-refractivity contribution >= 4 is 23.2 Å². The second-order valence-corrected chi connectivity index (χ2v) is 10.4. The Labute approximate surface area is 247 Å². The number of likely N-dealkylation sites (tertiary alicyclic amines) is 1. The van der Waals surface area contributed by atoms with Crippen LogP contribution in [0.3, 0.4) is 0 Å². The molecule has 0 bridgehead atoms. The van der Waals surface area contributed by atoms with Gasteiger partial charge in [-0.1, -0.05) is 0 Å². The first-order valence-corrected chi connectivity index (χ1v) is 13.9. The van der Waals surface area contributed by atoms with E-state index in [-0.39, 0.29) is 30.8 Å². The van der Waals surface area contributed by atoms with Crippen LogP contribution in [0.4, 0.5) is 21.7 Å². The number of nitrogens with zero attached hydrogens (tertiary/aromatic N) is 6. The SMILES string of the molecule is C[C@H](O)C(=O)N1CC[C@H](Oc2ccc(-c3ncnc(Nc4ccc(N5CCOC(C(N)O)C5)cc4)n3)cc2C#N)[C@H](F)C1. The summed E-state index contributed by atoms with van der Waals surface area (Å²) in [6, 6.07) is 14.5. The Morgan fingerprint density at radius 2 is 2.00 bits per heavy atom. The number of aliphatic hydroxyl groups excluding tert-OH is 2. The molecule has 14 heteroatoms. The van der Waals surface area contributed by atoms with Crippen LogP contribution in [0.25, 0.3) is 11.4 Å². The molecule has 0 aliphatic carbocycles. The van der Waals surface area contributed by atoms with Crippen molar-refractivity contribution in [1.82, 2.24) is 19.9 Å². The molecule has 0 saturated carbocycles. The predicted molar refractivity (Wildman–Crippen MR) is 154 cm³/mol. The number of ether oxygens (including phenoxy) is 2. The number of carbonyl (C=O) groups excluding carboxylic acids is 1. The van der Waals surface area contributed by atoms with Crippen LogP contribution in [-0.2, 0) is 9.53 Å². The maximum atomic E-state index is 14.8. The van der Waals surface area contributed by atoms with Gasteiger partial charge in [-0.05, 0) is 49.4 Å². The van der Waals surface area contributed by atoms with Crippen molar-refractivity contribution in [3.8, 4) is 23.2 Å². The molecule has 1 aromatic heterocycles. The zero-order valence-corrected chi connectivity index (χ0v) is 23.5. The third-order valence-corrected chi connectivity index (χ3v) is 7.32. The molecule has 5 rings (SSSR count). The number of anilines is 3. The van der Waals surface area contributed by atoms with Gasteiger partial charge in [0.1, 0.15) is 42.7 Å². The number of aliphatic hydroxyl groups is 2. The number of carbonyl (C=O) groups is 1. The van der Waals surface area contributed by atoms with Crippen molar-refractivity contribution in [3.63, 3.8) is 0 Å². The highest BCUT2D eigenvalue weighted by Gasteiger charge is 2.34. The van der Waals surface area contributed by atoms with E-state index in [1.54, 1.807) is 18.2 Å². The van der Waals surface area contributed by atoms with Crippen molar-refractivity contribution in [3.05, 3.63) is 54.4 Å². The molecular weight excluding hydrogens is 559 g/mol. The minimum absolute atomic E-state index is 0.185. The first-order valence-electron chi connectivity index (χ1n) is 13.9. The molecule has 0 spiro atoms. The lowest BCUT2D eigenvalue weighted by Crippen LogP contribution is -2.51. The van der Waals surface area contributed by atoms with Gasteiger partial charge in [-0.3, -0.25) is 4.79 Å². The molecule has 2 aromatic carbocycles. The van der Waals surface area contributed by atoms with Gasteiger partial charge in [-0.25, -0.2) is 14.4 Å². The third kappa shape index (κ3) is 7.15. The summed E-state index contributed by atoms with van der Waals surface area (Å²) in [4.78, 5) is 28.3. The number of alkyl halides is 1. The van der Waals surface area contributed by atoms with E-state index in [2.05, 4.69) is 31.2 Å². The van der Waals surface area contributed by atoms with Gasteiger partial charge in [0, 0.05) is 43.0 Å². The summed E-state index contributed by atoms with van der Waals surface area (Å²) in [6.07, 6.45) is -3.43. The van der Waals surface area contributed by atoms with Gasteiger partial charge in [-0.15, -0.1) is 0 Å². The lowest BCUT2D eigenvalue weighted by Gasteiger charge is -2.35. The molecule has 2 saturated heterocycles. The molecule has 3 heterocycles. The van der Waals surface area contributed by atoms with Crippen molar-refractivity contribution in [2.24, 2.45) is 5.73 Å². The van der Waals surface area contributed by atoms with Crippen LogP contribution in [0.15, 0.2) is 48.8 Å². The van der Waals surface area contributed by atoms with E-state index in [0.717, 1.165) is 11.4 Å². The first kappa shape index (κ1) is 30.1. The molecule has 5 N–H and O–H groups in total. The van der Waals surface area contributed by atoms with Gasteiger partial charge in [0.15, 0.2) is 12.0 Å². The molecule has 13 nitrogen and oxygen atoms in total. The Hall–Kier alpha value is -4.42. The minimum Gasteiger partial charge on any atom is -0.486 e. The molecule has 0 radical (unpaired) electrons. The zero-order chi connectivity index (χ0) is 30.5. The summed E-state index contributed by atoms with van der Waals surface area (Å²) in [7, 11) is 0. The molecule has 2 fully saturated rings. The number of hydrogen-bond acceptors (Lipinski definition) is 12. The number of halogens is 1. The van der Waals surface area contributed by atoms with Gasteiger partial charge in [0.25, 0.3) is 5.91 Å². The number of piperidine rings is 1. The second kappa shape index (κ2) is 13.3. The van der Waals surface area contributed by atoms with Crippen LogP contribution < -0.4 is 20.7 Å². The smallest absolute Gasteiger partial charge is 0.251 e. The van der Waals surface area contributed by atoms with E-state index in [4.69, 9.17) is 15.2 Å². The number of nitriles is 1. The summed E-state index contributed by atoms with van der Waals surface area (Å²) in [6.45, 7) is 3.03. The molecule has 1 amide bonds. The van der Waals surface area contributed by atoms with Crippen molar-refractivity contribution < 1.29 is 28.9 Å². The largest absolute Gasteiger partial charge is 0.486 e. The normalized spacial score (nSPS) is 21.9. The van der Waals surface area contributed by atoms with E-state index in [0.29, 0.717) is 37.0 Å². The van der Waals surface area contributed by atoms with Crippen LogP contribution in [-0.4, -0.2) is 99.5 Å². The van der Waals surface area contributed by atoms with Crippen LogP contribution in [0.2, 0.25) is 0 Å². The molecular formula is C29H33FN8O5. The molecule has 3 aromatic rings. The topological polar surface area (TPSA) is 183 Å². The first-order chi connectivity index (χ1) is 20.7. The Morgan fingerprint density at radius 3 is 2.70 bits per heavy atom. The molecule has 2 aliphatic rings. The Morgan fingerprint density at radius 1 is 1.21 bits per heavy atom. The summed E-state index contributed by atoms with van der Waals surface area (Å²) >= 11 is 0. The van der Waals surface area contributed by atoms with Crippen LogP contribution in [0.1, 0.15) is 18.9 Å². The summed E-state index contributed by atoms with van der Waals surface area (Å²) in [5, 5.41) is 32.1. The summed E-state index contributed by atoms with van der Waals surface area (Å²) < 4.78 is 26.2. The Balaban J connectivity index is 1.24. The zero-order valence-electron chi connectivity index (χ0n) is 23.5. The third-order valence-electron chi connectivity index (χ3n) is 7.32. The summed E-state index contributed by atoms with van der Waals surface area (Å²) in [5.74, 6) is 0.314. The van der Waals surface area contributed by atoms with Gasteiger partial charge in [0.2, 0.25) is 5.95 Å². The quantitative estimate of drug-likeness (QED) is 0.276. The highest BCUT2D eigenvalue weighted by atomic mass is 19.1. The number of benzene rings is 2. The maximum Gasteiger partial charge on any atom is 0.251 e. The maximum absolute atomic E-state index is 14.8. The predicted octanol–water partition coefficient (Wildman–Crippen LogP) is 1.33. The lowest BCUT2D eigenvalue weighted by atomic mass is 10.0. The highest BCUT2D eigenvalue weighted by molar-refractivity contribution is 5.80. The minimum atomic E-state index is -1.47. The number of amides is 1. The van der Waals surface area contributed by atoms with Crippen LogP contribution >= 0.6 is 0 Å². The Kier molecular flexibility index (Phi) is 9.27. The second-order valence-electron chi connectivity index (χ2n) is 10.4. The fourth-order valence-corrected chi connectivity index (χ4v) is 5.00.